The van der Waals surface area contributed by atoms with Crippen LogP contribution in [0, 0.1) is 0 Å². The van der Waals surface area contributed by atoms with E-state index in [1.165, 1.54) is 12.1 Å². The Kier molecular flexibility index (Phi) is 6.93. The molecule has 10 heteroatoms. The van der Waals surface area contributed by atoms with Crippen LogP contribution in [-0.2, 0) is 6.54 Å². The lowest BCUT2D eigenvalue weighted by molar-refractivity contribution is -0.0498. The number of aromatic nitrogens is 2. The Hall–Kier alpha value is -2.68. The maximum absolute atomic E-state index is 12.9. The van der Waals surface area contributed by atoms with E-state index in [0.717, 1.165) is 25.2 Å². The minimum absolute atomic E-state index is 0.0642. The average Bonchev–Trinajstić information content (AvgIpc) is 3.27. The van der Waals surface area contributed by atoms with Crippen LogP contribution in [0.2, 0.25) is 10.0 Å². The Balaban J connectivity index is 1.33. The summed E-state index contributed by atoms with van der Waals surface area (Å²) in [4.78, 5) is 16.9. The number of carbonyl (C=O) groups is 1. The number of nitrogens with one attached hydrogen (secondary N) is 1. The first-order chi connectivity index (χ1) is 15.4. The zero-order chi connectivity index (χ0) is 22.7. The fourth-order valence-electron chi connectivity index (χ4n) is 3.56. The number of H-pyrrole nitrogens is 1. The van der Waals surface area contributed by atoms with Gasteiger partial charge in [-0.1, -0.05) is 29.3 Å². The number of aromatic amines is 1. The molecule has 0 saturated carbocycles. The molecule has 1 fully saturated rings. The van der Waals surface area contributed by atoms with Crippen molar-refractivity contribution in [2.45, 2.75) is 13.2 Å². The predicted molar refractivity (Wildman–Crippen MR) is 118 cm³/mol. The molecule has 0 bridgehead atoms. The van der Waals surface area contributed by atoms with Gasteiger partial charge in [-0.05, 0) is 48.0 Å². The summed E-state index contributed by atoms with van der Waals surface area (Å²) >= 11 is 12.1. The minimum Gasteiger partial charge on any atom is -0.435 e. The maximum Gasteiger partial charge on any atom is 0.387 e. The number of ether oxygens (including phenoxy) is 1. The van der Waals surface area contributed by atoms with Crippen LogP contribution in [0.3, 0.4) is 0 Å². The van der Waals surface area contributed by atoms with Crippen LogP contribution >= 0.6 is 23.2 Å². The Morgan fingerprint density at radius 2 is 1.75 bits per heavy atom. The van der Waals surface area contributed by atoms with Gasteiger partial charge in [0.05, 0.1) is 15.7 Å². The van der Waals surface area contributed by atoms with Crippen molar-refractivity contribution in [3.05, 3.63) is 69.8 Å². The third-order valence-electron chi connectivity index (χ3n) is 5.23. The van der Waals surface area contributed by atoms with E-state index in [4.69, 9.17) is 23.2 Å². The molecule has 1 aromatic heterocycles. The topological polar surface area (TPSA) is 61.5 Å². The number of nitrogens with zero attached hydrogens (tertiary/aromatic N) is 3. The van der Waals surface area contributed by atoms with E-state index in [1.54, 1.807) is 29.2 Å². The number of hydrogen-bond acceptors (Lipinski definition) is 4. The van der Waals surface area contributed by atoms with Crippen LogP contribution in [0.25, 0.3) is 11.3 Å². The van der Waals surface area contributed by atoms with Gasteiger partial charge in [0, 0.05) is 38.3 Å². The normalized spacial score (nSPS) is 14.7. The van der Waals surface area contributed by atoms with Gasteiger partial charge in [0.2, 0.25) is 0 Å². The summed E-state index contributed by atoms with van der Waals surface area (Å²) in [5.74, 6) is -0.0649. The lowest BCUT2D eigenvalue weighted by Gasteiger charge is -2.34. The lowest BCUT2D eigenvalue weighted by atomic mass is 10.1. The second kappa shape index (κ2) is 9.85. The van der Waals surface area contributed by atoms with Gasteiger partial charge >= 0.3 is 6.61 Å². The minimum atomic E-state index is -2.88. The summed E-state index contributed by atoms with van der Waals surface area (Å²) in [7, 11) is 0. The van der Waals surface area contributed by atoms with E-state index in [9.17, 15) is 13.6 Å². The second-order valence-electron chi connectivity index (χ2n) is 7.39. The van der Waals surface area contributed by atoms with E-state index >= 15 is 0 Å². The largest absolute Gasteiger partial charge is 0.435 e. The van der Waals surface area contributed by atoms with Gasteiger partial charge in [-0.25, -0.2) is 0 Å². The molecule has 2 aromatic carbocycles. The molecule has 2 heterocycles. The van der Waals surface area contributed by atoms with Crippen LogP contribution in [0.4, 0.5) is 8.78 Å². The SMILES string of the molecule is O=C(c1cc(-c2ccc(OC(F)F)cc2)n[nH]1)N1CCN(Cc2ccc(Cl)c(Cl)c2)CC1. The highest BCUT2D eigenvalue weighted by Crippen LogP contribution is 2.24. The van der Waals surface area contributed by atoms with Gasteiger partial charge in [0.1, 0.15) is 11.4 Å². The molecule has 1 saturated heterocycles. The zero-order valence-corrected chi connectivity index (χ0v) is 18.4. The van der Waals surface area contributed by atoms with E-state index in [0.29, 0.717) is 40.1 Å². The van der Waals surface area contributed by atoms with Crippen molar-refractivity contribution in [3.63, 3.8) is 0 Å². The maximum atomic E-state index is 12.9. The van der Waals surface area contributed by atoms with Crippen molar-refractivity contribution < 1.29 is 18.3 Å². The average molecular weight is 481 g/mol. The molecule has 0 unspecified atom stereocenters. The highest BCUT2D eigenvalue weighted by molar-refractivity contribution is 6.42. The summed E-state index contributed by atoms with van der Waals surface area (Å²) in [6.45, 7) is 0.512. The first kappa shape index (κ1) is 22.5. The van der Waals surface area contributed by atoms with Crippen molar-refractivity contribution in [1.29, 1.82) is 0 Å². The molecular weight excluding hydrogens is 461 g/mol. The number of amides is 1. The van der Waals surface area contributed by atoms with E-state index < -0.39 is 6.61 Å². The number of carbonyl (C=O) groups excluding carboxylic acids is 1. The van der Waals surface area contributed by atoms with E-state index in [-0.39, 0.29) is 11.7 Å². The second-order valence-corrected chi connectivity index (χ2v) is 8.20. The van der Waals surface area contributed by atoms with Gasteiger partial charge in [-0.2, -0.15) is 13.9 Å². The number of benzene rings is 2. The smallest absolute Gasteiger partial charge is 0.387 e. The molecule has 0 atom stereocenters. The summed E-state index contributed by atoms with van der Waals surface area (Å²) in [5, 5.41) is 8.02. The monoisotopic (exact) mass is 480 g/mol. The third-order valence-corrected chi connectivity index (χ3v) is 5.97. The summed E-state index contributed by atoms with van der Waals surface area (Å²) in [6, 6.07) is 13.4. The van der Waals surface area contributed by atoms with Crippen molar-refractivity contribution in [3.8, 4) is 17.0 Å². The van der Waals surface area contributed by atoms with Crippen LogP contribution in [0.15, 0.2) is 48.5 Å². The third kappa shape index (κ3) is 5.38. The molecule has 32 heavy (non-hydrogen) atoms. The van der Waals surface area contributed by atoms with Crippen molar-refractivity contribution in [2.24, 2.45) is 0 Å². The van der Waals surface area contributed by atoms with E-state index in [2.05, 4.69) is 19.8 Å². The number of alkyl halides is 2. The lowest BCUT2D eigenvalue weighted by Crippen LogP contribution is -2.48. The summed E-state index contributed by atoms with van der Waals surface area (Å²) < 4.78 is 28.9. The molecule has 1 amide bonds. The molecule has 0 radical (unpaired) electrons. The first-order valence-corrected chi connectivity index (χ1v) is 10.7. The van der Waals surface area contributed by atoms with Crippen molar-refractivity contribution >= 4 is 29.1 Å². The molecule has 4 rings (SSSR count). The molecule has 1 aliphatic rings. The number of piperazine rings is 1. The van der Waals surface area contributed by atoms with Gasteiger partial charge < -0.3 is 9.64 Å². The summed E-state index contributed by atoms with van der Waals surface area (Å²) in [6.07, 6.45) is 0. The molecule has 1 N–H and O–H groups in total. The van der Waals surface area contributed by atoms with Crippen molar-refractivity contribution in [1.82, 2.24) is 20.0 Å². The Bertz CT molecular complexity index is 1080. The number of hydrogen-bond donors (Lipinski definition) is 1. The Morgan fingerprint density at radius 1 is 1.03 bits per heavy atom. The zero-order valence-electron chi connectivity index (χ0n) is 16.9. The Morgan fingerprint density at radius 3 is 2.41 bits per heavy atom. The molecule has 6 nitrogen and oxygen atoms in total. The van der Waals surface area contributed by atoms with Gasteiger partial charge in [-0.15, -0.1) is 0 Å². The van der Waals surface area contributed by atoms with Crippen LogP contribution in [0.5, 0.6) is 5.75 Å². The fraction of sp³-hybridized carbons (Fsp3) is 0.273. The van der Waals surface area contributed by atoms with Crippen molar-refractivity contribution in [2.75, 3.05) is 26.2 Å². The van der Waals surface area contributed by atoms with Gasteiger partial charge in [0.25, 0.3) is 5.91 Å². The molecular formula is C22H20Cl2F2N4O2. The number of rotatable bonds is 6. The number of halogens is 4. The molecule has 3 aromatic rings. The molecule has 1 aliphatic heterocycles. The highest BCUT2D eigenvalue weighted by atomic mass is 35.5. The van der Waals surface area contributed by atoms with Crippen LogP contribution in [0.1, 0.15) is 16.1 Å². The first-order valence-electron chi connectivity index (χ1n) is 9.95. The predicted octanol–water partition coefficient (Wildman–Crippen LogP) is 4.94. The van der Waals surface area contributed by atoms with Gasteiger partial charge in [-0.3, -0.25) is 14.8 Å². The molecule has 0 spiro atoms. The molecule has 168 valence electrons. The summed E-state index contributed by atoms with van der Waals surface area (Å²) in [5.41, 5.74) is 2.69. The van der Waals surface area contributed by atoms with Crippen LogP contribution in [-0.4, -0.2) is 58.7 Å². The molecule has 0 aliphatic carbocycles. The standard InChI is InChI=1S/C22H20Cl2F2N4O2/c23-17-6-1-14(11-18(17)24)13-29-7-9-30(10-8-29)21(31)20-12-19(27-28-20)15-2-4-16(5-3-15)32-22(25)26/h1-6,11-12,22H,7-10,13H2,(H,27,28). The highest BCUT2D eigenvalue weighted by Gasteiger charge is 2.24. The van der Waals surface area contributed by atoms with E-state index in [1.807, 2.05) is 12.1 Å². The van der Waals surface area contributed by atoms with Crippen LogP contribution < -0.4 is 4.74 Å². The fourth-order valence-corrected chi connectivity index (χ4v) is 3.88. The quantitative estimate of drug-likeness (QED) is 0.542. The Labute approximate surface area is 193 Å². The van der Waals surface area contributed by atoms with Gasteiger partial charge in [0.15, 0.2) is 0 Å².